The Morgan fingerprint density at radius 2 is 2.19 bits per heavy atom. The van der Waals surface area contributed by atoms with Crippen molar-refractivity contribution in [3.8, 4) is 0 Å². The summed E-state index contributed by atoms with van der Waals surface area (Å²) in [6.45, 7) is 1.80. The van der Waals surface area contributed by atoms with Gasteiger partial charge in [-0.15, -0.1) is 0 Å². The molecule has 1 heterocycles. The van der Waals surface area contributed by atoms with Crippen molar-refractivity contribution in [3.05, 3.63) is 17.2 Å². The van der Waals surface area contributed by atoms with E-state index in [-0.39, 0.29) is 5.69 Å². The maximum absolute atomic E-state index is 10.9. The molecule has 0 aliphatic heterocycles. The van der Waals surface area contributed by atoms with Crippen LogP contribution >= 0.6 is 0 Å². The highest BCUT2D eigenvalue weighted by Crippen LogP contribution is 2.28. The van der Waals surface area contributed by atoms with Gasteiger partial charge in [0, 0.05) is 5.69 Å². The first-order valence-corrected chi connectivity index (χ1v) is 5.95. The molecule has 2 N–H and O–H groups in total. The number of nitrogens with zero attached hydrogens (tertiary/aromatic N) is 1. The number of hydrogen-bond donors (Lipinski definition) is 2. The molecule has 0 unspecified atom stereocenters. The highest BCUT2D eigenvalue weighted by Gasteiger charge is 2.19. The first-order chi connectivity index (χ1) is 7.66. The van der Waals surface area contributed by atoms with E-state index in [1.807, 2.05) is 0 Å². The van der Waals surface area contributed by atoms with Gasteiger partial charge in [0.2, 0.25) is 0 Å². The van der Waals surface area contributed by atoms with Gasteiger partial charge in [-0.2, -0.15) is 0 Å². The van der Waals surface area contributed by atoms with Crippen LogP contribution in [0.25, 0.3) is 0 Å². The predicted octanol–water partition coefficient (Wildman–Crippen LogP) is 2.54. The molecular weight excluding hydrogens is 204 g/mol. The van der Waals surface area contributed by atoms with Crippen molar-refractivity contribution in [2.24, 2.45) is 5.92 Å². The van der Waals surface area contributed by atoms with Crippen molar-refractivity contribution in [3.63, 3.8) is 0 Å². The van der Waals surface area contributed by atoms with E-state index < -0.39 is 5.97 Å². The van der Waals surface area contributed by atoms with Crippen molar-refractivity contribution >= 4 is 5.97 Å². The quantitative estimate of drug-likeness (QED) is 0.822. The molecule has 0 atom stereocenters. The Hall–Kier alpha value is -1.32. The summed E-state index contributed by atoms with van der Waals surface area (Å²) >= 11 is 0. The Kier molecular flexibility index (Phi) is 3.27. The van der Waals surface area contributed by atoms with E-state index >= 15 is 0 Å². The number of aromatic amines is 1. The number of carboxylic acids is 1. The number of carboxylic acid groups (broad SMARTS) is 1. The Balaban J connectivity index is 1.99. The summed E-state index contributed by atoms with van der Waals surface area (Å²) in [7, 11) is 0. The van der Waals surface area contributed by atoms with Gasteiger partial charge in [0.05, 0.1) is 0 Å². The number of aromatic nitrogens is 2. The van der Waals surface area contributed by atoms with Crippen LogP contribution in [0.3, 0.4) is 0 Å². The fraction of sp³-hybridized carbons (Fsp3) is 0.667. The summed E-state index contributed by atoms with van der Waals surface area (Å²) < 4.78 is 0. The molecule has 1 saturated carbocycles. The summed E-state index contributed by atoms with van der Waals surface area (Å²) in [6.07, 6.45) is 7.16. The molecule has 4 heteroatoms. The summed E-state index contributed by atoms with van der Waals surface area (Å²) in [5, 5.41) is 8.99. The molecule has 88 valence electrons. The van der Waals surface area contributed by atoms with E-state index in [1.165, 1.54) is 25.7 Å². The van der Waals surface area contributed by atoms with Gasteiger partial charge >= 0.3 is 5.97 Å². The zero-order valence-electron chi connectivity index (χ0n) is 9.62. The molecule has 0 radical (unpaired) electrons. The molecular formula is C12H18N2O2. The fourth-order valence-electron chi connectivity index (χ4n) is 2.55. The van der Waals surface area contributed by atoms with E-state index in [0.717, 1.165) is 24.5 Å². The smallest absolute Gasteiger partial charge is 0.356 e. The number of H-pyrrole nitrogens is 1. The summed E-state index contributed by atoms with van der Waals surface area (Å²) in [5.74, 6) is 0.551. The number of aromatic carboxylic acids is 1. The Morgan fingerprint density at radius 3 is 2.81 bits per heavy atom. The highest BCUT2D eigenvalue weighted by molar-refractivity contribution is 5.86. The minimum absolute atomic E-state index is 0.204. The number of hydrogen-bond acceptors (Lipinski definition) is 2. The van der Waals surface area contributed by atoms with Gasteiger partial charge in [-0.3, -0.25) is 0 Å². The van der Waals surface area contributed by atoms with Crippen LogP contribution in [0.2, 0.25) is 0 Å². The molecule has 0 aromatic carbocycles. The molecule has 2 rings (SSSR count). The first kappa shape index (κ1) is 11.2. The third kappa shape index (κ3) is 2.43. The molecule has 1 aliphatic rings. The Morgan fingerprint density at radius 1 is 1.50 bits per heavy atom. The molecule has 16 heavy (non-hydrogen) atoms. The number of nitrogens with one attached hydrogen (secondary N) is 1. The zero-order chi connectivity index (χ0) is 11.5. The summed E-state index contributed by atoms with van der Waals surface area (Å²) in [4.78, 5) is 18.0. The lowest BCUT2D eigenvalue weighted by Crippen LogP contribution is -2.04. The van der Waals surface area contributed by atoms with Crippen LogP contribution in [0.1, 0.15) is 54.1 Å². The zero-order valence-corrected chi connectivity index (χ0v) is 9.62. The van der Waals surface area contributed by atoms with Gasteiger partial charge in [0.1, 0.15) is 5.82 Å². The minimum Gasteiger partial charge on any atom is -0.476 e. The van der Waals surface area contributed by atoms with Crippen molar-refractivity contribution < 1.29 is 9.90 Å². The van der Waals surface area contributed by atoms with E-state index in [9.17, 15) is 4.79 Å². The lowest BCUT2D eigenvalue weighted by Gasteiger charge is -2.07. The normalized spacial score (nSPS) is 16.8. The second kappa shape index (κ2) is 4.68. The second-order valence-electron chi connectivity index (χ2n) is 4.64. The average Bonchev–Trinajstić information content (AvgIpc) is 2.83. The Labute approximate surface area is 95.1 Å². The van der Waals surface area contributed by atoms with Gasteiger partial charge in [0.15, 0.2) is 5.69 Å². The number of rotatable bonds is 4. The number of carbonyl (C=O) groups is 1. The van der Waals surface area contributed by atoms with Gasteiger partial charge in [0.25, 0.3) is 0 Å². The van der Waals surface area contributed by atoms with Crippen LogP contribution in [0.5, 0.6) is 0 Å². The van der Waals surface area contributed by atoms with Crippen LogP contribution in [0.15, 0.2) is 0 Å². The van der Waals surface area contributed by atoms with Crippen LogP contribution < -0.4 is 0 Å². The second-order valence-corrected chi connectivity index (χ2v) is 4.64. The molecule has 0 amide bonds. The van der Waals surface area contributed by atoms with E-state index in [0.29, 0.717) is 5.82 Å². The number of imidazole rings is 1. The largest absolute Gasteiger partial charge is 0.476 e. The highest BCUT2D eigenvalue weighted by atomic mass is 16.4. The fourth-order valence-corrected chi connectivity index (χ4v) is 2.55. The average molecular weight is 222 g/mol. The molecule has 1 fully saturated rings. The molecule has 0 saturated heterocycles. The molecule has 0 bridgehead atoms. The monoisotopic (exact) mass is 222 g/mol. The SMILES string of the molecule is Cc1nc(C(=O)O)c(CCC2CCCC2)[nH]1. The van der Waals surface area contributed by atoms with Gasteiger partial charge in [-0.25, -0.2) is 9.78 Å². The lowest BCUT2D eigenvalue weighted by molar-refractivity contribution is 0.0689. The minimum atomic E-state index is -0.925. The maximum atomic E-state index is 10.9. The molecule has 1 aliphatic carbocycles. The van der Waals surface area contributed by atoms with Crippen LogP contribution in [-0.2, 0) is 6.42 Å². The van der Waals surface area contributed by atoms with Crippen LogP contribution in [-0.4, -0.2) is 21.0 Å². The number of aryl methyl sites for hydroxylation is 2. The van der Waals surface area contributed by atoms with E-state index in [1.54, 1.807) is 6.92 Å². The van der Waals surface area contributed by atoms with Gasteiger partial charge in [-0.1, -0.05) is 25.7 Å². The van der Waals surface area contributed by atoms with Crippen LogP contribution in [0, 0.1) is 12.8 Å². The Bertz CT molecular complexity index is 378. The third-order valence-electron chi connectivity index (χ3n) is 3.38. The van der Waals surface area contributed by atoms with Crippen molar-refractivity contribution in [2.45, 2.75) is 45.4 Å². The van der Waals surface area contributed by atoms with E-state index in [4.69, 9.17) is 5.11 Å². The maximum Gasteiger partial charge on any atom is 0.356 e. The van der Waals surface area contributed by atoms with Crippen molar-refractivity contribution in [1.29, 1.82) is 0 Å². The lowest BCUT2D eigenvalue weighted by atomic mass is 10.00. The van der Waals surface area contributed by atoms with Crippen molar-refractivity contribution in [2.75, 3.05) is 0 Å². The summed E-state index contributed by atoms with van der Waals surface area (Å²) in [5.41, 5.74) is 0.993. The first-order valence-electron chi connectivity index (χ1n) is 5.95. The third-order valence-corrected chi connectivity index (χ3v) is 3.38. The summed E-state index contributed by atoms with van der Waals surface area (Å²) in [6, 6.07) is 0. The topological polar surface area (TPSA) is 66.0 Å². The molecule has 1 aromatic rings. The van der Waals surface area contributed by atoms with Crippen LogP contribution in [0.4, 0.5) is 0 Å². The van der Waals surface area contributed by atoms with Crippen molar-refractivity contribution in [1.82, 2.24) is 9.97 Å². The molecule has 4 nitrogen and oxygen atoms in total. The predicted molar refractivity (Wildman–Crippen MR) is 60.6 cm³/mol. The molecule has 0 spiro atoms. The van der Waals surface area contributed by atoms with Gasteiger partial charge in [-0.05, 0) is 25.7 Å². The van der Waals surface area contributed by atoms with Gasteiger partial charge < -0.3 is 10.1 Å². The standard InChI is InChI=1S/C12H18N2O2/c1-8-13-10(11(14-8)12(15)16)7-6-9-4-2-3-5-9/h9H,2-7H2,1H3,(H,13,14)(H,15,16). The van der Waals surface area contributed by atoms with E-state index in [2.05, 4.69) is 9.97 Å². The molecule has 1 aromatic heterocycles.